The summed E-state index contributed by atoms with van der Waals surface area (Å²) in [6.07, 6.45) is 2.03. The maximum absolute atomic E-state index is 5.96. The van der Waals surface area contributed by atoms with Crippen LogP contribution in [0.25, 0.3) is 0 Å². The van der Waals surface area contributed by atoms with Crippen molar-refractivity contribution in [2.45, 2.75) is 25.8 Å². The van der Waals surface area contributed by atoms with Crippen molar-refractivity contribution in [3.63, 3.8) is 0 Å². The third-order valence-electron chi connectivity index (χ3n) is 3.24. The van der Waals surface area contributed by atoms with Crippen LogP contribution in [0.15, 0.2) is 41.8 Å². The zero-order valence-electron chi connectivity index (χ0n) is 11.6. The minimum atomic E-state index is 0.359. The molecule has 102 valence electrons. The SMILES string of the molecule is CCC(NC)c1ccccc1OCCc1cccs1. The van der Waals surface area contributed by atoms with E-state index in [1.165, 1.54) is 10.4 Å². The second-order valence-electron chi connectivity index (χ2n) is 4.47. The maximum Gasteiger partial charge on any atom is 0.124 e. The van der Waals surface area contributed by atoms with E-state index in [1.54, 1.807) is 11.3 Å². The van der Waals surface area contributed by atoms with Crippen LogP contribution in [0.4, 0.5) is 0 Å². The quantitative estimate of drug-likeness (QED) is 0.823. The summed E-state index contributed by atoms with van der Waals surface area (Å²) in [4.78, 5) is 1.37. The fourth-order valence-corrected chi connectivity index (χ4v) is 2.89. The molecule has 0 spiro atoms. The van der Waals surface area contributed by atoms with Gasteiger partial charge >= 0.3 is 0 Å². The molecule has 0 aliphatic rings. The van der Waals surface area contributed by atoms with E-state index >= 15 is 0 Å². The van der Waals surface area contributed by atoms with Gasteiger partial charge in [0.2, 0.25) is 0 Å². The number of para-hydroxylation sites is 1. The predicted octanol–water partition coefficient (Wildman–Crippen LogP) is 4.04. The Morgan fingerprint density at radius 2 is 2.05 bits per heavy atom. The third-order valence-corrected chi connectivity index (χ3v) is 4.17. The molecular weight excluding hydrogens is 254 g/mol. The standard InChI is InChI=1S/C16H21NOS/c1-3-15(17-2)14-8-4-5-9-16(14)18-11-10-13-7-6-12-19-13/h4-9,12,15,17H,3,10-11H2,1-2H3. The first-order valence-corrected chi connectivity index (χ1v) is 7.64. The zero-order chi connectivity index (χ0) is 13.5. The number of nitrogens with one attached hydrogen (secondary N) is 1. The van der Waals surface area contributed by atoms with E-state index in [1.807, 2.05) is 13.1 Å². The van der Waals surface area contributed by atoms with Crippen LogP contribution in [-0.2, 0) is 6.42 Å². The fraction of sp³-hybridized carbons (Fsp3) is 0.375. The summed E-state index contributed by atoms with van der Waals surface area (Å²) >= 11 is 1.79. The van der Waals surface area contributed by atoms with Crippen molar-refractivity contribution in [3.05, 3.63) is 52.2 Å². The first kappa shape index (κ1) is 14.1. The molecule has 2 nitrogen and oxygen atoms in total. The Morgan fingerprint density at radius 1 is 1.21 bits per heavy atom. The van der Waals surface area contributed by atoms with Gasteiger partial charge in [0.25, 0.3) is 0 Å². The molecule has 3 heteroatoms. The monoisotopic (exact) mass is 275 g/mol. The lowest BCUT2D eigenvalue weighted by Gasteiger charge is -2.18. The highest BCUT2D eigenvalue weighted by atomic mass is 32.1. The Hall–Kier alpha value is -1.32. The van der Waals surface area contributed by atoms with Gasteiger partial charge in [-0.3, -0.25) is 0 Å². The second kappa shape index (κ2) is 7.31. The van der Waals surface area contributed by atoms with E-state index in [-0.39, 0.29) is 0 Å². The molecule has 1 heterocycles. The Morgan fingerprint density at radius 3 is 2.74 bits per heavy atom. The molecule has 0 fully saturated rings. The van der Waals surface area contributed by atoms with E-state index in [2.05, 4.69) is 48.0 Å². The van der Waals surface area contributed by atoms with Crippen LogP contribution >= 0.6 is 11.3 Å². The van der Waals surface area contributed by atoms with Gasteiger partial charge in [-0.05, 0) is 31.0 Å². The van der Waals surface area contributed by atoms with E-state index in [0.29, 0.717) is 6.04 Å². The molecule has 0 aliphatic heterocycles. The molecule has 0 bridgehead atoms. The maximum atomic E-state index is 5.96. The smallest absolute Gasteiger partial charge is 0.124 e. The van der Waals surface area contributed by atoms with Gasteiger partial charge in [0.15, 0.2) is 0 Å². The van der Waals surface area contributed by atoms with Crippen LogP contribution < -0.4 is 10.1 Å². The summed E-state index contributed by atoms with van der Waals surface area (Å²) in [5.41, 5.74) is 1.25. The highest BCUT2D eigenvalue weighted by molar-refractivity contribution is 7.09. The summed E-state index contributed by atoms with van der Waals surface area (Å²) in [5.74, 6) is 1.00. The molecule has 19 heavy (non-hydrogen) atoms. The van der Waals surface area contributed by atoms with Gasteiger partial charge < -0.3 is 10.1 Å². The lowest BCUT2D eigenvalue weighted by molar-refractivity contribution is 0.315. The van der Waals surface area contributed by atoms with Crippen molar-refractivity contribution < 1.29 is 4.74 Å². The zero-order valence-corrected chi connectivity index (χ0v) is 12.4. The van der Waals surface area contributed by atoms with Crippen molar-refractivity contribution in [2.24, 2.45) is 0 Å². The van der Waals surface area contributed by atoms with E-state index < -0.39 is 0 Å². The van der Waals surface area contributed by atoms with E-state index in [9.17, 15) is 0 Å². The number of rotatable bonds is 7. The average Bonchev–Trinajstić information content (AvgIpc) is 2.95. The Kier molecular flexibility index (Phi) is 5.43. The summed E-state index contributed by atoms with van der Waals surface area (Å²) in [5, 5.41) is 5.44. The van der Waals surface area contributed by atoms with Gasteiger partial charge in [-0.15, -0.1) is 11.3 Å². The topological polar surface area (TPSA) is 21.3 Å². The molecule has 0 radical (unpaired) electrons. The Bertz CT molecular complexity index is 477. The van der Waals surface area contributed by atoms with Crippen LogP contribution in [0.5, 0.6) is 5.75 Å². The highest BCUT2D eigenvalue weighted by Gasteiger charge is 2.11. The summed E-state index contributed by atoms with van der Waals surface area (Å²) in [6.45, 7) is 2.92. The summed E-state index contributed by atoms with van der Waals surface area (Å²) in [7, 11) is 2.00. The molecule has 1 N–H and O–H groups in total. The van der Waals surface area contributed by atoms with Gasteiger partial charge in [0.05, 0.1) is 6.61 Å². The van der Waals surface area contributed by atoms with Crippen molar-refractivity contribution in [1.29, 1.82) is 0 Å². The molecule has 0 saturated carbocycles. The predicted molar refractivity (Wildman–Crippen MR) is 82.1 cm³/mol. The largest absolute Gasteiger partial charge is 0.493 e. The number of hydrogen-bond acceptors (Lipinski definition) is 3. The average molecular weight is 275 g/mol. The summed E-state index contributed by atoms with van der Waals surface area (Å²) < 4.78 is 5.96. The lowest BCUT2D eigenvalue weighted by atomic mass is 10.0. The molecule has 0 aliphatic carbocycles. The molecule has 1 aromatic carbocycles. The molecule has 0 saturated heterocycles. The number of hydrogen-bond donors (Lipinski definition) is 1. The third kappa shape index (κ3) is 3.82. The Labute approximate surface area is 119 Å². The fourth-order valence-electron chi connectivity index (χ4n) is 2.20. The highest BCUT2D eigenvalue weighted by Crippen LogP contribution is 2.27. The van der Waals surface area contributed by atoms with Gasteiger partial charge in [-0.1, -0.05) is 31.2 Å². The molecule has 1 aromatic heterocycles. The first-order valence-electron chi connectivity index (χ1n) is 6.76. The second-order valence-corrected chi connectivity index (χ2v) is 5.50. The molecule has 1 atom stereocenters. The first-order chi connectivity index (χ1) is 9.35. The van der Waals surface area contributed by atoms with Gasteiger partial charge in [-0.2, -0.15) is 0 Å². The molecule has 1 unspecified atom stereocenters. The Balaban J connectivity index is 1.99. The molecule has 2 aromatic rings. The van der Waals surface area contributed by atoms with E-state index in [4.69, 9.17) is 4.74 Å². The molecule has 0 amide bonds. The minimum absolute atomic E-state index is 0.359. The van der Waals surface area contributed by atoms with Crippen LogP contribution in [-0.4, -0.2) is 13.7 Å². The lowest BCUT2D eigenvalue weighted by Crippen LogP contribution is -2.16. The van der Waals surface area contributed by atoms with Crippen molar-refractivity contribution in [1.82, 2.24) is 5.32 Å². The minimum Gasteiger partial charge on any atom is -0.493 e. The number of ether oxygens (including phenoxy) is 1. The van der Waals surface area contributed by atoms with Gasteiger partial charge in [-0.25, -0.2) is 0 Å². The number of thiophene rings is 1. The van der Waals surface area contributed by atoms with Crippen LogP contribution in [0.3, 0.4) is 0 Å². The van der Waals surface area contributed by atoms with Crippen LogP contribution in [0.2, 0.25) is 0 Å². The van der Waals surface area contributed by atoms with Gasteiger partial charge in [0, 0.05) is 22.9 Å². The van der Waals surface area contributed by atoms with Crippen LogP contribution in [0.1, 0.15) is 29.8 Å². The summed E-state index contributed by atoms with van der Waals surface area (Å²) in [6, 6.07) is 12.9. The van der Waals surface area contributed by atoms with E-state index in [0.717, 1.165) is 25.2 Å². The van der Waals surface area contributed by atoms with Crippen molar-refractivity contribution >= 4 is 11.3 Å². The molecule has 2 rings (SSSR count). The van der Waals surface area contributed by atoms with Crippen molar-refractivity contribution in [2.75, 3.05) is 13.7 Å². The number of benzene rings is 1. The van der Waals surface area contributed by atoms with Crippen molar-refractivity contribution in [3.8, 4) is 5.75 Å². The molecular formula is C16H21NOS. The van der Waals surface area contributed by atoms with Gasteiger partial charge in [0.1, 0.15) is 5.75 Å². The normalized spacial score (nSPS) is 12.3. The van der Waals surface area contributed by atoms with Crippen LogP contribution in [0, 0.1) is 0 Å².